The lowest BCUT2D eigenvalue weighted by Crippen LogP contribution is -2.53. The zero-order chi connectivity index (χ0) is 22.7. The fourth-order valence-electron chi connectivity index (χ4n) is 4.25. The number of fused-ring (bicyclic) bond motifs is 1. The molecule has 1 aliphatic rings. The van der Waals surface area contributed by atoms with Crippen molar-refractivity contribution in [1.29, 1.82) is 0 Å². The molecule has 0 atom stereocenters. The molecule has 4 rings (SSSR count). The molecule has 0 bridgehead atoms. The van der Waals surface area contributed by atoms with Crippen LogP contribution in [0.1, 0.15) is 44.6 Å². The smallest absolute Gasteiger partial charge is 0.331 e. The fourth-order valence-corrected chi connectivity index (χ4v) is 5.16. The average Bonchev–Trinajstić information content (AvgIpc) is 3.42. The van der Waals surface area contributed by atoms with Crippen LogP contribution in [0.4, 0.5) is 0 Å². The number of hydrogen-bond donors (Lipinski definition) is 1. The molecule has 2 heterocycles. The highest BCUT2D eigenvalue weighted by Crippen LogP contribution is 2.32. The Labute approximate surface area is 190 Å². The summed E-state index contributed by atoms with van der Waals surface area (Å²) < 4.78 is 6.67. The lowest BCUT2D eigenvalue weighted by atomic mass is 9.97. The average molecular weight is 454 g/mol. The maximum Gasteiger partial charge on any atom is 0.331 e. The molecule has 0 aliphatic heterocycles. The van der Waals surface area contributed by atoms with Gasteiger partial charge in [-0.25, -0.2) is 9.78 Å². The summed E-state index contributed by atoms with van der Waals surface area (Å²) in [6.45, 7) is 4.25. The summed E-state index contributed by atoms with van der Waals surface area (Å²) in [6, 6.07) is 8.02. The summed E-state index contributed by atoms with van der Waals surface area (Å²) in [5.74, 6) is -0.636. The van der Waals surface area contributed by atoms with Crippen LogP contribution in [0.15, 0.2) is 40.8 Å². The van der Waals surface area contributed by atoms with Crippen molar-refractivity contribution in [2.24, 2.45) is 0 Å². The van der Waals surface area contributed by atoms with Gasteiger partial charge >= 0.3 is 5.97 Å². The molecular formula is C24H27N3O4S. The number of carbonyl (C=O) groups excluding carboxylic acids is 2. The second kappa shape index (κ2) is 9.24. The Morgan fingerprint density at radius 1 is 1.22 bits per heavy atom. The Morgan fingerprint density at radius 3 is 2.62 bits per heavy atom. The van der Waals surface area contributed by atoms with Gasteiger partial charge in [0.25, 0.3) is 5.56 Å². The van der Waals surface area contributed by atoms with Crippen LogP contribution < -0.4 is 10.9 Å². The predicted octanol–water partition coefficient (Wildman–Crippen LogP) is 3.82. The molecule has 1 amide bonds. The van der Waals surface area contributed by atoms with E-state index in [9.17, 15) is 14.4 Å². The van der Waals surface area contributed by atoms with Crippen molar-refractivity contribution in [1.82, 2.24) is 14.9 Å². The second-order valence-corrected chi connectivity index (χ2v) is 9.10. The largest absolute Gasteiger partial charge is 0.464 e. The minimum atomic E-state index is -0.938. The van der Waals surface area contributed by atoms with E-state index >= 15 is 0 Å². The van der Waals surface area contributed by atoms with E-state index in [4.69, 9.17) is 4.74 Å². The molecule has 1 saturated carbocycles. The number of nitrogens with zero attached hydrogens (tertiary/aromatic N) is 2. The SMILES string of the molecule is CCOC(=O)C1(NC(=O)CCn2cnc3scc(-c4ccc(C)cc4)c3c2=O)CCCC1. The van der Waals surface area contributed by atoms with Crippen LogP contribution in [0.25, 0.3) is 21.3 Å². The Kier molecular flexibility index (Phi) is 6.41. The van der Waals surface area contributed by atoms with Gasteiger partial charge in [-0.3, -0.25) is 14.2 Å². The molecule has 2 aromatic heterocycles. The highest BCUT2D eigenvalue weighted by atomic mass is 32.1. The Balaban J connectivity index is 1.52. The third kappa shape index (κ3) is 4.32. The van der Waals surface area contributed by atoms with Crippen LogP contribution in [0, 0.1) is 6.92 Å². The second-order valence-electron chi connectivity index (χ2n) is 8.25. The predicted molar refractivity (Wildman–Crippen MR) is 125 cm³/mol. The highest BCUT2D eigenvalue weighted by molar-refractivity contribution is 7.17. The summed E-state index contributed by atoms with van der Waals surface area (Å²) in [6.07, 6.45) is 4.49. The van der Waals surface area contributed by atoms with Crippen molar-refractivity contribution in [2.75, 3.05) is 6.61 Å². The normalized spacial score (nSPS) is 15.1. The summed E-state index contributed by atoms with van der Waals surface area (Å²) in [5, 5.41) is 5.41. The standard InChI is InChI=1S/C24H27N3O4S/c1-3-31-23(30)24(11-4-5-12-24)26-19(28)10-13-27-15-25-21-20(22(27)29)18(14-32-21)17-8-6-16(2)7-9-17/h6-9,14-15H,3-5,10-13H2,1-2H3,(H,26,28). The van der Waals surface area contributed by atoms with Gasteiger partial charge in [0, 0.05) is 23.9 Å². The maximum absolute atomic E-state index is 13.2. The first-order valence-corrected chi connectivity index (χ1v) is 11.8. The molecule has 0 radical (unpaired) electrons. The molecule has 1 aromatic carbocycles. The summed E-state index contributed by atoms with van der Waals surface area (Å²) >= 11 is 1.43. The molecule has 3 aromatic rings. The lowest BCUT2D eigenvalue weighted by molar-refractivity contribution is -0.153. The molecule has 1 aliphatic carbocycles. The molecular weight excluding hydrogens is 426 g/mol. The first-order valence-electron chi connectivity index (χ1n) is 11.0. The third-order valence-electron chi connectivity index (χ3n) is 6.01. The van der Waals surface area contributed by atoms with Crippen molar-refractivity contribution in [3.8, 4) is 11.1 Å². The summed E-state index contributed by atoms with van der Waals surface area (Å²) in [4.78, 5) is 43.4. The van der Waals surface area contributed by atoms with Gasteiger partial charge in [-0.05, 0) is 32.3 Å². The zero-order valence-corrected chi connectivity index (χ0v) is 19.2. The van der Waals surface area contributed by atoms with E-state index in [1.807, 2.05) is 36.6 Å². The van der Waals surface area contributed by atoms with Gasteiger partial charge in [0.15, 0.2) is 0 Å². The molecule has 32 heavy (non-hydrogen) atoms. The van der Waals surface area contributed by atoms with E-state index in [1.54, 1.807) is 6.92 Å². The molecule has 1 fully saturated rings. The van der Waals surface area contributed by atoms with Crippen molar-refractivity contribution in [2.45, 2.75) is 58.0 Å². The van der Waals surface area contributed by atoms with E-state index in [0.717, 1.165) is 29.5 Å². The number of aryl methyl sites for hydroxylation is 2. The number of carbonyl (C=O) groups is 2. The Morgan fingerprint density at radius 2 is 1.94 bits per heavy atom. The molecule has 0 spiro atoms. The number of ether oxygens (including phenoxy) is 1. The number of aromatic nitrogens is 2. The number of hydrogen-bond acceptors (Lipinski definition) is 6. The van der Waals surface area contributed by atoms with Crippen molar-refractivity contribution < 1.29 is 14.3 Å². The first kappa shape index (κ1) is 22.2. The number of nitrogens with one attached hydrogen (secondary N) is 1. The van der Waals surface area contributed by atoms with E-state index in [0.29, 0.717) is 23.1 Å². The maximum atomic E-state index is 13.2. The van der Waals surface area contributed by atoms with Crippen LogP contribution in [-0.2, 0) is 20.9 Å². The number of esters is 1. The molecule has 8 heteroatoms. The molecule has 0 saturated heterocycles. The van der Waals surface area contributed by atoms with Crippen LogP contribution >= 0.6 is 11.3 Å². The molecule has 0 unspecified atom stereocenters. The van der Waals surface area contributed by atoms with Crippen molar-refractivity contribution in [3.63, 3.8) is 0 Å². The topological polar surface area (TPSA) is 90.3 Å². The summed E-state index contributed by atoms with van der Waals surface area (Å²) in [5.41, 5.74) is 1.87. The van der Waals surface area contributed by atoms with Crippen LogP contribution in [0.2, 0.25) is 0 Å². The van der Waals surface area contributed by atoms with Gasteiger partial charge in [0.1, 0.15) is 10.4 Å². The molecule has 7 nitrogen and oxygen atoms in total. The number of amides is 1. The van der Waals surface area contributed by atoms with E-state index < -0.39 is 5.54 Å². The van der Waals surface area contributed by atoms with E-state index in [2.05, 4.69) is 10.3 Å². The summed E-state index contributed by atoms with van der Waals surface area (Å²) in [7, 11) is 0. The monoisotopic (exact) mass is 453 g/mol. The van der Waals surface area contributed by atoms with Crippen LogP contribution in [0.5, 0.6) is 0 Å². The quantitative estimate of drug-likeness (QED) is 0.550. The van der Waals surface area contributed by atoms with Gasteiger partial charge in [-0.2, -0.15) is 0 Å². The molecule has 168 valence electrons. The zero-order valence-electron chi connectivity index (χ0n) is 18.3. The number of benzene rings is 1. The van der Waals surface area contributed by atoms with E-state index in [-0.39, 0.29) is 37.0 Å². The molecule has 1 N–H and O–H groups in total. The van der Waals surface area contributed by atoms with Gasteiger partial charge in [-0.1, -0.05) is 42.7 Å². The minimum Gasteiger partial charge on any atom is -0.464 e. The van der Waals surface area contributed by atoms with Crippen molar-refractivity contribution >= 4 is 33.4 Å². The fraction of sp³-hybridized carbons (Fsp3) is 0.417. The van der Waals surface area contributed by atoms with Gasteiger partial charge in [-0.15, -0.1) is 11.3 Å². The van der Waals surface area contributed by atoms with Crippen LogP contribution in [0.3, 0.4) is 0 Å². The van der Waals surface area contributed by atoms with E-state index in [1.165, 1.54) is 22.2 Å². The number of rotatable bonds is 7. The van der Waals surface area contributed by atoms with Crippen LogP contribution in [-0.4, -0.2) is 33.6 Å². The van der Waals surface area contributed by atoms with Gasteiger partial charge < -0.3 is 10.1 Å². The lowest BCUT2D eigenvalue weighted by Gasteiger charge is -2.27. The van der Waals surface area contributed by atoms with Gasteiger partial charge in [0.2, 0.25) is 5.91 Å². The van der Waals surface area contributed by atoms with Gasteiger partial charge in [0.05, 0.1) is 18.3 Å². The minimum absolute atomic E-state index is 0.0816. The Bertz CT molecular complexity index is 1190. The third-order valence-corrected chi connectivity index (χ3v) is 6.89. The van der Waals surface area contributed by atoms with Crippen molar-refractivity contribution in [3.05, 3.63) is 51.9 Å². The number of thiophene rings is 1. The first-order chi connectivity index (χ1) is 15.4. The highest BCUT2D eigenvalue weighted by Gasteiger charge is 2.43. The Hall–Kier alpha value is -3.00.